The number of carbonyl (C=O) groups is 2. The molecule has 156 valence electrons. The Balaban J connectivity index is 1.84. The fraction of sp³-hybridized carbons (Fsp3) is 0.348. The molecular formula is C23H25N3O4. The van der Waals surface area contributed by atoms with Gasteiger partial charge in [0.25, 0.3) is 0 Å². The summed E-state index contributed by atoms with van der Waals surface area (Å²) in [5, 5.41) is 9.22. The molecule has 4 rings (SSSR count). The summed E-state index contributed by atoms with van der Waals surface area (Å²) in [6.45, 7) is 2.36. The summed E-state index contributed by atoms with van der Waals surface area (Å²) in [6, 6.07) is 13.9. The number of amides is 1. The minimum absolute atomic E-state index is 0.0235. The summed E-state index contributed by atoms with van der Waals surface area (Å²) < 4.78 is 7.00. The number of imidazole rings is 1. The van der Waals surface area contributed by atoms with Gasteiger partial charge in [-0.15, -0.1) is 0 Å². The molecule has 7 heteroatoms. The third kappa shape index (κ3) is 3.63. The number of anilines is 1. The molecule has 0 spiro atoms. The molecule has 0 bridgehead atoms. The number of hydrogen-bond acceptors (Lipinski definition) is 4. The van der Waals surface area contributed by atoms with Gasteiger partial charge in [0.2, 0.25) is 0 Å². The van der Waals surface area contributed by atoms with Crippen molar-refractivity contribution in [3.63, 3.8) is 0 Å². The third-order valence-corrected chi connectivity index (χ3v) is 5.72. The number of nitrogens with zero attached hydrogens (tertiary/aromatic N) is 3. The van der Waals surface area contributed by atoms with Crippen molar-refractivity contribution >= 4 is 28.8 Å². The second-order valence-electron chi connectivity index (χ2n) is 7.64. The average Bonchev–Trinajstić information content (AvgIpc) is 3.09. The van der Waals surface area contributed by atoms with Crippen molar-refractivity contribution in [1.29, 1.82) is 0 Å². The average molecular weight is 407 g/mol. The summed E-state index contributed by atoms with van der Waals surface area (Å²) in [6.07, 6.45) is 1.88. The second kappa shape index (κ2) is 8.18. The van der Waals surface area contributed by atoms with E-state index in [0.29, 0.717) is 13.0 Å². The van der Waals surface area contributed by atoms with Crippen molar-refractivity contribution in [2.45, 2.75) is 45.2 Å². The van der Waals surface area contributed by atoms with Crippen molar-refractivity contribution in [3.8, 4) is 0 Å². The molecular weight excluding hydrogens is 382 g/mol. The smallest absolute Gasteiger partial charge is 0.414 e. The Morgan fingerprint density at radius 2 is 1.97 bits per heavy atom. The fourth-order valence-corrected chi connectivity index (χ4v) is 4.22. The first kappa shape index (κ1) is 19.9. The van der Waals surface area contributed by atoms with Crippen LogP contribution in [0, 0.1) is 0 Å². The lowest BCUT2D eigenvalue weighted by Gasteiger charge is -2.34. The SMILES string of the molecule is COC(=O)N1c2ccc3c(nc(Cc4ccccc4)n3CCC(=O)O)c2CC[C@@H]1C. The molecule has 1 atom stereocenters. The van der Waals surface area contributed by atoms with Crippen LogP contribution in [0.5, 0.6) is 0 Å². The van der Waals surface area contributed by atoms with E-state index in [0.717, 1.165) is 46.5 Å². The quantitative estimate of drug-likeness (QED) is 0.691. The number of aromatic nitrogens is 2. The van der Waals surface area contributed by atoms with Gasteiger partial charge in [-0.1, -0.05) is 30.3 Å². The summed E-state index contributed by atoms with van der Waals surface area (Å²) in [5.74, 6) is -0.0137. The highest BCUT2D eigenvalue weighted by molar-refractivity contribution is 5.95. The van der Waals surface area contributed by atoms with E-state index in [9.17, 15) is 14.7 Å². The van der Waals surface area contributed by atoms with Crippen molar-refractivity contribution in [1.82, 2.24) is 9.55 Å². The number of carboxylic acid groups (broad SMARTS) is 1. The Morgan fingerprint density at radius 3 is 2.67 bits per heavy atom. The van der Waals surface area contributed by atoms with E-state index in [-0.39, 0.29) is 18.6 Å². The van der Waals surface area contributed by atoms with E-state index in [1.807, 2.05) is 54.0 Å². The van der Waals surface area contributed by atoms with E-state index < -0.39 is 5.97 Å². The Kier molecular flexibility index (Phi) is 5.44. The van der Waals surface area contributed by atoms with Crippen LogP contribution in [0.3, 0.4) is 0 Å². The van der Waals surface area contributed by atoms with Crippen LogP contribution in [0.1, 0.15) is 36.7 Å². The molecule has 1 N–H and O–H groups in total. The third-order valence-electron chi connectivity index (χ3n) is 5.72. The highest BCUT2D eigenvalue weighted by atomic mass is 16.5. The van der Waals surface area contributed by atoms with Crippen LogP contribution in [0.15, 0.2) is 42.5 Å². The summed E-state index contributed by atoms with van der Waals surface area (Å²) in [5.41, 5.74) is 4.69. The highest BCUT2D eigenvalue weighted by Crippen LogP contribution is 2.36. The molecule has 0 fully saturated rings. The Labute approximate surface area is 174 Å². The van der Waals surface area contributed by atoms with Gasteiger partial charge < -0.3 is 14.4 Å². The topological polar surface area (TPSA) is 84.7 Å². The molecule has 0 radical (unpaired) electrons. The Bertz CT molecular complexity index is 1090. The lowest BCUT2D eigenvalue weighted by Crippen LogP contribution is -2.42. The van der Waals surface area contributed by atoms with Crippen molar-refractivity contribution < 1.29 is 19.4 Å². The zero-order valence-electron chi connectivity index (χ0n) is 17.2. The summed E-state index contributed by atoms with van der Waals surface area (Å²) in [7, 11) is 1.39. The first-order chi connectivity index (χ1) is 14.5. The van der Waals surface area contributed by atoms with Gasteiger partial charge in [-0.25, -0.2) is 9.78 Å². The Hall–Kier alpha value is -3.35. The van der Waals surface area contributed by atoms with Crippen molar-refractivity contribution in [2.24, 2.45) is 0 Å². The minimum atomic E-state index is -0.842. The van der Waals surface area contributed by atoms with Crippen LogP contribution < -0.4 is 4.90 Å². The van der Waals surface area contributed by atoms with Crippen LogP contribution in [0.4, 0.5) is 10.5 Å². The number of methoxy groups -OCH3 is 1. The van der Waals surface area contributed by atoms with E-state index in [2.05, 4.69) is 0 Å². The fourth-order valence-electron chi connectivity index (χ4n) is 4.22. The second-order valence-corrected chi connectivity index (χ2v) is 7.64. The normalized spacial score (nSPS) is 15.8. The van der Waals surface area contributed by atoms with Crippen LogP contribution in [0.2, 0.25) is 0 Å². The number of aliphatic carboxylic acids is 1. The van der Waals surface area contributed by atoms with Crippen LogP contribution >= 0.6 is 0 Å². The molecule has 0 saturated carbocycles. The standard InChI is InChI=1S/C23H25N3O4/c1-15-8-9-17-18(26(15)23(29)30-2)10-11-19-22(17)24-20(25(19)13-12-21(27)28)14-16-6-4-3-5-7-16/h3-7,10-11,15H,8-9,12-14H2,1-2H3,(H,27,28)/t15-/m0/s1. The Morgan fingerprint density at radius 1 is 1.20 bits per heavy atom. The summed E-state index contributed by atoms with van der Waals surface area (Å²) >= 11 is 0. The number of carboxylic acids is 1. The number of rotatable bonds is 5. The maximum atomic E-state index is 12.4. The predicted molar refractivity (Wildman–Crippen MR) is 114 cm³/mol. The zero-order chi connectivity index (χ0) is 21.3. The van der Waals surface area contributed by atoms with Gasteiger partial charge in [0, 0.05) is 24.6 Å². The van der Waals surface area contributed by atoms with Gasteiger partial charge in [-0.05, 0) is 37.5 Å². The van der Waals surface area contributed by atoms with Gasteiger partial charge in [-0.2, -0.15) is 0 Å². The predicted octanol–water partition coefficient (Wildman–Crippen LogP) is 4.01. The van der Waals surface area contributed by atoms with E-state index in [1.165, 1.54) is 7.11 Å². The number of benzene rings is 2. The monoisotopic (exact) mass is 407 g/mol. The molecule has 1 aliphatic rings. The van der Waals surface area contributed by atoms with E-state index in [4.69, 9.17) is 9.72 Å². The molecule has 1 amide bonds. The van der Waals surface area contributed by atoms with Gasteiger partial charge in [0.05, 0.1) is 30.3 Å². The molecule has 0 unspecified atom stereocenters. The molecule has 2 heterocycles. The number of aryl methyl sites for hydroxylation is 2. The number of hydrogen-bond donors (Lipinski definition) is 1. The van der Waals surface area contributed by atoms with Crippen molar-refractivity contribution in [2.75, 3.05) is 12.0 Å². The molecule has 1 aliphatic heterocycles. The molecule has 2 aromatic carbocycles. The first-order valence-corrected chi connectivity index (χ1v) is 10.1. The molecule has 30 heavy (non-hydrogen) atoms. The summed E-state index contributed by atoms with van der Waals surface area (Å²) in [4.78, 5) is 30.2. The van der Waals surface area contributed by atoms with Gasteiger partial charge in [0.1, 0.15) is 5.82 Å². The number of ether oxygens (including phenoxy) is 1. The molecule has 0 saturated heterocycles. The lowest BCUT2D eigenvalue weighted by molar-refractivity contribution is -0.137. The van der Waals surface area contributed by atoms with Crippen LogP contribution in [0.25, 0.3) is 11.0 Å². The van der Waals surface area contributed by atoms with E-state index in [1.54, 1.807) is 4.90 Å². The minimum Gasteiger partial charge on any atom is -0.481 e. The lowest BCUT2D eigenvalue weighted by atomic mass is 9.96. The van der Waals surface area contributed by atoms with Crippen molar-refractivity contribution in [3.05, 3.63) is 59.4 Å². The van der Waals surface area contributed by atoms with Crippen LogP contribution in [-0.4, -0.2) is 39.9 Å². The zero-order valence-corrected chi connectivity index (χ0v) is 17.2. The van der Waals surface area contributed by atoms with Gasteiger partial charge >= 0.3 is 12.1 Å². The van der Waals surface area contributed by atoms with E-state index >= 15 is 0 Å². The largest absolute Gasteiger partial charge is 0.481 e. The first-order valence-electron chi connectivity index (χ1n) is 10.1. The molecule has 1 aromatic heterocycles. The number of fused-ring (bicyclic) bond motifs is 3. The molecule has 7 nitrogen and oxygen atoms in total. The van der Waals surface area contributed by atoms with Gasteiger partial charge in [0.15, 0.2) is 0 Å². The maximum absolute atomic E-state index is 12.4. The van der Waals surface area contributed by atoms with Crippen LogP contribution in [-0.2, 0) is 28.9 Å². The van der Waals surface area contributed by atoms with Gasteiger partial charge in [-0.3, -0.25) is 9.69 Å². The number of carbonyl (C=O) groups excluding carboxylic acids is 1. The molecule has 0 aliphatic carbocycles. The highest BCUT2D eigenvalue weighted by Gasteiger charge is 2.31. The maximum Gasteiger partial charge on any atom is 0.414 e. The molecule has 3 aromatic rings.